The number of carboxylic acid groups (broad SMARTS) is 1. The van der Waals surface area contributed by atoms with E-state index < -0.39 is 5.97 Å². The van der Waals surface area contributed by atoms with Crippen molar-refractivity contribution in [3.8, 4) is 0 Å². The summed E-state index contributed by atoms with van der Waals surface area (Å²) in [6.45, 7) is 1.68. The Morgan fingerprint density at radius 3 is 2.72 bits per heavy atom. The molecule has 0 bridgehead atoms. The third-order valence-electron chi connectivity index (χ3n) is 2.59. The molecule has 0 aromatic carbocycles. The third kappa shape index (κ3) is 5.90. The maximum Gasteiger partial charge on any atom is 0.303 e. The first-order valence-electron chi connectivity index (χ1n) is 6.00. The summed E-state index contributed by atoms with van der Waals surface area (Å²) in [4.78, 5) is 34.6. The lowest BCUT2D eigenvalue weighted by molar-refractivity contribution is -0.137. The van der Waals surface area contributed by atoms with Crippen LogP contribution in [0.25, 0.3) is 0 Å². The van der Waals surface area contributed by atoms with Crippen molar-refractivity contribution in [1.82, 2.24) is 10.2 Å². The molecule has 18 heavy (non-hydrogen) atoms. The topological polar surface area (TPSA) is 86.7 Å². The Morgan fingerprint density at radius 2 is 2.11 bits per heavy atom. The van der Waals surface area contributed by atoms with Gasteiger partial charge in [0, 0.05) is 38.2 Å². The highest BCUT2D eigenvalue weighted by atomic mass is 32.2. The maximum atomic E-state index is 11.4. The number of carbonyl (C=O) groups excluding carboxylic acids is 2. The van der Waals surface area contributed by atoms with Crippen LogP contribution in [0.1, 0.15) is 25.7 Å². The fourth-order valence-corrected chi connectivity index (χ4v) is 2.43. The number of hydrogen-bond acceptors (Lipinski definition) is 4. The molecule has 1 aliphatic rings. The molecule has 0 atom stereocenters. The number of unbranched alkanes of at least 4 members (excludes halogenated alkanes) is 1. The van der Waals surface area contributed by atoms with Crippen molar-refractivity contribution in [2.45, 2.75) is 25.7 Å². The summed E-state index contributed by atoms with van der Waals surface area (Å²) in [5.74, 6) is -0.100. The highest BCUT2D eigenvalue weighted by Crippen LogP contribution is 2.16. The lowest BCUT2D eigenvalue weighted by Gasteiger charge is -2.13. The second-order valence-corrected chi connectivity index (χ2v) is 5.10. The van der Waals surface area contributed by atoms with Crippen LogP contribution in [0.4, 0.5) is 4.79 Å². The van der Waals surface area contributed by atoms with Gasteiger partial charge in [-0.25, -0.2) is 0 Å². The maximum absolute atomic E-state index is 11.4. The van der Waals surface area contributed by atoms with Gasteiger partial charge in [0.1, 0.15) is 0 Å². The molecule has 1 rings (SSSR count). The van der Waals surface area contributed by atoms with E-state index >= 15 is 0 Å². The number of aliphatic carboxylic acids is 1. The number of nitrogens with zero attached hydrogens (tertiary/aromatic N) is 1. The van der Waals surface area contributed by atoms with Crippen molar-refractivity contribution in [2.24, 2.45) is 0 Å². The average Bonchev–Trinajstić information content (AvgIpc) is 2.71. The van der Waals surface area contributed by atoms with E-state index in [1.54, 1.807) is 4.90 Å². The Morgan fingerprint density at radius 1 is 1.33 bits per heavy atom. The highest BCUT2D eigenvalue weighted by molar-refractivity contribution is 8.13. The van der Waals surface area contributed by atoms with Gasteiger partial charge in [-0.05, 0) is 12.8 Å². The summed E-state index contributed by atoms with van der Waals surface area (Å²) in [5.41, 5.74) is 0. The Balaban J connectivity index is 2.00. The summed E-state index contributed by atoms with van der Waals surface area (Å²) >= 11 is 1.28. The Bertz CT molecular complexity index is 322. The number of amides is 2. The average molecular weight is 274 g/mol. The van der Waals surface area contributed by atoms with Gasteiger partial charge in [0.2, 0.25) is 5.91 Å². The van der Waals surface area contributed by atoms with Gasteiger partial charge in [-0.3, -0.25) is 14.4 Å². The van der Waals surface area contributed by atoms with Crippen LogP contribution in [0.2, 0.25) is 0 Å². The Labute approximate surface area is 110 Å². The summed E-state index contributed by atoms with van der Waals surface area (Å²) in [6.07, 6.45) is 1.67. The van der Waals surface area contributed by atoms with Crippen LogP contribution in [0.15, 0.2) is 0 Å². The van der Waals surface area contributed by atoms with Crippen molar-refractivity contribution in [1.29, 1.82) is 0 Å². The quantitative estimate of drug-likeness (QED) is 0.643. The number of nitrogens with one attached hydrogen (secondary N) is 1. The van der Waals surface area contributed by atoms with E-state index in [4.69, 9.17) is 5.11 Å². The molecule has 0 aliphatic carbocycles. The molecular weight excluding hydrogens is 256 g/mol. The summed E-state index contributed by atoms with van der Waals surface area (Å²) in [6, 6.07) is 0. The molecule has 1 heterocycles. The zero-order valence-electron chi connectivity index (χ0n) is 10.2. The van der Waals surface area contributed by atoms with Crippen LogP contribution >= 0.6 is 11.8 Å². The summed E-state index contributed by atoms with van der Waals surface area (Å²) in [7, 11) is 0. The Hall–Kier alpha value is -1.24. The van der Waals surface area contributed by atoms with Crippen molar-refractivity contribution >= 4 is 28.9 Å². The molecule has 2 amide bonds. The van der Waals surface area contributed by atoms with Crippen LogP contribution in [0.5, 0.6) is 0 Å². The largest absolute Gasteiger partial charge is 0.481 e. The van der Waals surface area contributed by atoms with Crippen LogP contribution < -0.4 is 5.32 Å². The lowest BCUT2D eigenvalue weighted by Crippen LogP contribution is -2.31. The normalized spacial score (nSPS) is 14.9. The van der Waals surface area contributed by atoms with Crippen LogP contribution in [-0.2, 0) is 9.59 Å². The van der Waals surface area contributed by atoms with Gasteiger partial charge in [0.15, 0.2) is 0 Å². The number of rotatable bonds is 8. The van der Waals surface area contributed by atoms with E-state index in [1.165, 1.54) is 11.8 Å². The molecule has 0 spiro atoms. The number of carbonyl (C=O) groups is 3. The van der Waals surface area contributed by atoms with Gasteiger partial charge in [-0.2, -0.15) is 0 Å². The van der Waals surface area contributed by atoms with Crippen LogP contribution in [-0.4, -0.2) is 52.5 Å². The fourth-order valence-electron chi connectivity index (χ4n) is 1.58. The van der Waals surface area contributed by atoms with Crippen molar-refractivity contribution in [2.75, 3.05) is 25.4 Å². The van der Waals surface area contributed by atoms with Crippen molar-refractivity contribution in [3.05, 3.63) is 0 Å². The van der Waals surface area contributed by atoms with E-state index in [-0.39, 0.29) is 17.6 Å². The van der Waals surface area contributed by atoms with Crippen molar-refractivity contribution in [3.63, 3.8) is 0 Å². The van der Waals surface area contributed by atoms with E-state index in [9.17, 15) is 14.4 Å². The predicted octanol–water partition coefficient (Wildman–Crippen LogP) is 0.916. The molecule has 1 aliphatic heterocycles. The van der Waals surface area contributed by atoms with Crippen LogP contribution in [0.3, 0.4) is 0 Å². The third-order valence-corrected chi connectivity index (χ3v) is 3.49. The molecule has 2 N–H and O–H groups in total. The first-order chi connectivity index (χ1) is 8.59. The first kappa shape index (κ1) is 14.8. The van der Waals surface area contributed by atoms with Crippen molar-refractivity contribution < 1.29 is 19.5 Å². The van der Waals surface area contributed by atoms with Gasteiger partial charge in [-0.1, -0.05) is 11.8 Å². The molecule has 0 saturated carbocycles. The van der Waals surface area contributed by atoms with Gasteiger partial charge in [0.25, 0.3) is 5.24 Å². The SMILES string of the molecule is O=C(O)CCCCNC(=O)CCN1CCSC1=O. The fraction of sp³-hybridized carbons (Fsp3) is 0.727. The number of thioether (sulfide) groups is 1. The molecule has 7 heteroatoms. The predicted molar refractivity (Wildman–Crippen MR) is 68.5 cm³/mol. The standard InChI is InChI=1S/C11H18N2O4S/c14-9(12-5-2-1-3-10(15)16)4-6-13-7-8-18-11(13)17/h1-8H2,(H,12,14)(H,15,16). The van der Waals surface area contributed by atoms with Gasteiger partial charge in [-0.15, -0.1) is 0 Å². The van der Waals surface area contributed by atoms with Gasteiger partial charge in [0.05, 0.1) is 0 Å². The zero-order valence-corrected chi connectivity index (χ0v) is 11.0. The molecule has 102 valence electrons. The lowest BCUT2D eigenvalue weighted by atomic mass is 10.2. The molecule has 0 radical (unpaired) electrons. The van der Waals surface area contributed by atoms with E-state index in [1.807, 2.05) is 0 Å². The summed E-state index contributed by atoms with van der Waals surface area (Å²) in [5, 5.41) is 11.2. The molecule has 1 fully saturated rings. The summed E-state index contributed by atoms with van der Waals surface area (Å²) < 4.78 is 0. The molecular formula is C11H18N2O4S. The smallest absolute Gasteiger partial charge is 0.303 e. The minimum absolute atomic E-state index is 0.0456. The minimum atomic E-state index is -0.814. The zero-order chi connectivity index (χ0) is 13.4. The second kappa shape index (κ2) is 7.97. The van der Waals surface area contributed by atoms with Gasteiger partial charge < -0.3 is 15.3 Å². The minimum Gasteiger partial charge on any atom is -0.481 e. The Kier molecular flexibility index (Phi) is 6.56. The van der Waals surface area contributed by atoms with E-state index in [2.05, 4.69) is 5.32 Å². The number of carboxylic acids is 1. The molecule has 0 aromatic heterocycles. The van der Waals surface area contributed by atoms with E-state index in [0.717, 1.165) is 12.3 Å². The van der Waals surface area contributed by atoms with E-state index in [0.29, 0.717) is 32.4 Å². The molecule has 0 unspecified atom stereocenters. The van der Waals surface area contributed by atoms with Crippen LogP contribution in [0, 0.1) is 0 Å². The highest BCUT2D eigenvalue weighted by Gasteiger charge is 2.21. The molecule has 6 nitrogen and oxygen atoms in total. The molecule has 1 saturated heterocycles. The second-order valence-electron chi connectivity index (χ2n) is 4.05. The number of hydrogen-bond donors (Lipinski definition) is 2. The van der Waals surface area contributed by atoms with Gasteiger partial charge >= 0.3 is 5.97 Å². The molecule has 0 aromatic rings. The monoisotopic (exact) mass is 274 g/mol. The first-order valence-corrected chi connectivity index (χ1v) is 6.98.